The van der Waals surface area contributed by atoms with Gasteiger partial charge in [0.2, 0.25) is 0 Å². The van der Waals surface area contributed by atoms with Gasteiger partial charge in [0.1, 0.15) is 0 Å². The minimum Gasteiger partial charge on any atom is -0.120 e. The zero-order valence-electron chi connectivity index (χ0n) is 6.14. The molecule has 0 bridgehead atoms. The lowest BCUT2D eigenvalue weighted by Crippen LogP contribution is -2.12. The summed E-state index contributed by atoms with van der Waals surface area (Å²) in [5, 5.41) is 0. The number of rotatable bonds is 0. The van der Waals surface area contributed by atoms with Crippen LogP contribution in [0.25, 0.3) is 0 Å². The molecule has 1 fully saturated rings. The van der Waals surface area contributed by atoms with Crippen LogP contribution < -0.4 is 0 Å². The maximum absolute atomic E-state index is 5.30. The van der Waals surface area contributed by atoms with Gasteiger partial charge in [-0.2, -0.15) is 0 Å². The van der Waals surface area contributed by atoms with Gasteiger partial charge in [-0.25, -0.2) is 0 Å². The summed E-state index contributed by atoms with van der Waals surface area (Å²) in [5.74, 6) is 6.45. The summed E-state index contributed by atoms with van der Waals surface area (Å²) in [6, 6.07) is 0. The lowest BCUT2D eigenvalue weighted by atomic mass is 9.82. The minimum atomic E-state index is 0.454. The van der Waals surface area contributed by atoms with E-state index in [-0.39, 0.29) is 0 Å². The summed E-state index contributed by atoms with van der Waals surface area (Å²) in [6.07, 6.45) is 15.2. The van der Waals surface area contributed by atoms with E-state index >= 15 is 0 Å². The third-order valence-electron chi connectivity index (χ3n) is 2.15. The SMILES string of the molecule is C#CC1CCCC(C#C)C1. The molecular weight excluding hydrogens is 120 g/mol. The van der Waals surface area contributed by atoms with Crippen LogP contribution in [0, 0.1) is 36.5 Å². The lowest BCUT2D eigenvalue weighted by Gasteiger charge is -2.21. The molecule has 1 rings (SSSR count). The van der Waals surface area contributed by atoms with Gasteiger partial charge in [-0.1, -0.05) is 6.42 Å². The van der Waals surface area contributed by atoms with Gasteiger partial charge in [0, 0.05) is 11.8 Å². The second kappa shape index (κ2) is 3.33. The average Bonchev–Trinajstić information content (AvgIpc) is 2.05. The van der Waals surface area contributed by atoms with E-state index in [0.717, 1.165) is 6.42 Å². The zero-order valence-corrected chi connectivity index (χ0v) is 6.14. The molecule has 2 atom stereocenters. The van der Waals surface area contributed by atoms with E-state index in [2.05, 4.69) is 11.8 Å². The molecule has 52 valence electrons. The third kappa shape index (κ3) is 1.55. The molecule has 1 saturated carbocycles. The van der Waals surface area contributed by atoms with Crippen molar-refractivity contribution in [3.63, 3.8) is 0 Å². The highest BCUT2D eigenvalue weighted by atomic mass is 14.2. The Labute approximate surface area is 63.0 Å². The fraction of sp³-hybridized carbons (Fsp3) is 0.600. The van der Waals surface area contributed by atoms with Crippen LogP contribution in [0.15, 0.2) is 0 Å². The molecule has 1 aliphatic carbocycles. The van der Waals surface area contributed by atoms with E-state index in [1.807, 2.05) is 0 Å². The molecule has 0 heterocycles. The summed E-state index contributed by atoms with van der Waals surface area (Å²) in [6.45, 7) is 0. The van der Waals surface area contributed by atoms with E-state index in [4.69, 9.17) is 12.8 Å². The molecule has 10 heavy (non-hydrogen) atoms. The average molecular weight is 132 g/mol. The van der Waals surface area contributed by atoms with Gasteiger partial charge in [0.25, 0.3) is 0 Å². The Morgan fingerprint density at radius 3 is 1.90 bits per heavy atom. The third-order valence-corrected chi connectivity index (χ3v) is 2.15. The van der Waals surface area contributed by atoms with Gasteiger partial charge < -0.3 is 0 Å². The Morgan fingerprint density at radius 1 is 1.00 bits per heavy atom. The molecule has 2 unspecified atom stereocenters. The molecule has 0 spiro atoms. The van der Waals surface area contributed by atoms with Crippen molar-refractivity contribution in [3.05, 3.63) is 0 Å². The van der Waals surface area contributed by atoms with Crippen molar-refractivity contribution in [2.45, 2.75) is 25.7 Å². The highest BCUT2D eigenvalue weighted by Crippen LogP contribution is 2.27. The van der Waals surface area contributed by atoms with Crippen LogP contribution in [-0.2, 0) is 0 Å². The zero-order chi connectivity index (χ0) is 7.40. The minimum absolute atomic E-state index is 0.454. The summed E-state index contributed by atoms with van der Waals surface area (Å²) >= 11 is 0. The number of hydrogen-bond acceptors (Lipinski definition) is 0. The summed E-state index contributed by atoms with van der Waals surface area (Å²) in [5.41, 5.74) is 0. The van der Waals surface area contributed by atoms with Crippen molar-refractivity contribution >= 4 is 0 Å². The summed E-state index contributed by atoms with van der Waals surface area (Å²) in [7, 11) is 0. The van der Waals surface area contributed by atoms with Crippen LogP contribution in [0.5, 0.6) is 0 Å². The molecule has 0 amide bonds. The Bertz CT molecular complexity index is 157. The van der Waals surface area contributed by atoms with Gasteiger partial charge in [0.05, 0.1) is 0 Å². The molecule has 0 N–H and O–H groups in total. The van der Waals surface area contributed by atoms with Crippen LogP contribution in [0.4, 0.5) is 0 Å². The Balaban J connectivity index is 2.43. The molecule has 0 saturated heterocycles. The first-order chi connectivity index (χ1) is 4.86. The molecule has 0 radical (unpaired) electrons. The number of terminal acetylenes is 2. The summed E-state index contributed by atoms with van der Waals surface area (Å²) in [4.78, 5) is 0. The molecule has 0 aromatic rings. The molecule has 0 aliphatic heterocycles. The largest absolute Gasteiger partial charge is 0.120 e. The second-order valence-corrected chi connectivity index (χ2v) is 2.89. The Morgan fingerprint density at radius 2 is 1.50 bits per heavy atom. The van der Waals surface area contributed by atoms with Crippen LogP contribution in [0.2, 0.25) is 0 Å². The first-order valence-electron chi connectivity index (χ1n) is 3.79. The fourth-order valence-corrected chi connectivity index (χ4v) is 1.49. The van der Waals surface area contributed by atoms with Crippen molar-refractivity contribution in [1.82, 2.24) is 0 Å². The maximum atomic E-state index is 5.30. The first kappa shape index (κ1) is 7.23. The van der Waals surface area contributed by atoms with Crippen LogP contribution in [0.1, 0.15) is 25.7 Å². The first-order valence-corrected chi connectivity index (χ1v) is 3.79. The quantitative estimate of drug-likeness (QED) is 0.442. The normalized spacial score (nSPS) is 32.2. The Kier molecular flexibility index (Phi) is 2.41. The number of hydrogen-bond donors (Lipinski definition) is 0. The van der Waals surface area contributed by atoms with Gasteiger partial charge in [0.15, 0.2) is 0 Å². The van der Waals surface area contributed by atoms with Gasteiger partial charge in [-0.05, 0) is 19.3 Å². The van der Waals surface area contributed by atoms with Crippen molar-refractivity contribution < 1.29 is 0 Å². The smallest absolute Gasteiger partial charge is 0.0212 e. The van der Waals surface area contributed by atoms with Crippen LogP contribution >= 0.6 is 0 Å². The monoisotopic (exact) mass is 132 g/mol. The maximum Gasteiger partial charge on any atom is 0.0212 e. The van der Waals surface area contributed by atoms with Crippen LogP contribution in [0.3, 0.4) is 0 Å². The Hall–Kier alpha value is -0.880. The predicted molar refractivity (Wildman–Crippen MR) is 43.1 cm³/mol. The van der Waals surface area contributed by atoms with Crippen molar-refractivity contribution in [1.29, 1.82) is 0 Å². The lowest BCUT2D eigenvalue weighted by molar-refractivity contribution is 0.370. The van der Waals surface area contributed by atoms with E-state index in [1.165, 1.54) is 19.3 Å². The standard InChI is InChI=1S/C10H12/c1-3-9-6-5-7-10(4-2)8-9/h1-2,9-10H,5-8H2. The summed E-state index contributed by atoms with van der Waals surface area (Å²) < 4.78 is 0. The fourth-order valence-electron chi connectivity index (χ4n) is 1.49. The highest BCUT2D eigenvalue weighted by molar-refractivity contribution is 5.02. The molecule has 1 aliphatic rings. The van der Waals surface area contributed by atoms with E-state index < -0.39 is 0 Å². The predicted octanol–water partition coefficient (Wildman–Crippen LogP) is 2.06. The second-order valence-electron chi connectivity index (χ2n) is 2.89. The highest BCUT2D eigenvalue weighted by Gasteiger charge is 2.17. The van der Waals surface area contributed by atoms with Gasteiger partial charge >= 0.3 is 0 Å². The van der Waals surface area contributed by atoms with Crippen molar-refractivity contribution in [3.8, 4) is 24.7 Å². The van der Waals surface area contributed by atoms with Gasteiger partial charge in [-0.3, -0.25) is 0 Å². The van der Waals surface area contributed by atoms with E-state index in [1.54, 1.807) is 0 Å². The topological polar surface area (TPSA) is 0 Å². The van der Waals surface area contributed by atoms with E-state index in [9.17, 15) is 0 Å². The van der Waals surface area contributed by atoms with E-state index in [0.29, 0.717) is 11.8 Å². The van der Waals surface area contributed by atoms with Crippen molar-refractivity contribution in [2.24, 2.45) is 11.8 Å². The molecular formula is C10H12. The molecule has 0 aromatic carbocycles. The van der Waals surface area contributed by atoms with Gasteiger partial charge in [-0.15, -0.1) is 24.7 Å². The van der Waals surface area contributed by atoms with Crippen molar-refractivity contribution in [2.75, 3.05) is 0 Å². The molecule has 0 nitrogen and oxygen atoms in total. The molecule has 0 heteroatoms. The molecule has 0 aromatic heterocycles. The van der Waals surface area contributed by atoms with Crippen LogP contribution in [-0.4, -0.2) is 0 Å².